The highest BCUT2D eigenvalue weighted by molar-refractivity contribution is 6.02. The summed E-state index contributed by atoms with van der Waals surface area (Å²) in [5.74, 6) is -0.582. The predicted octanol–water partition coefficient (Wildman–Crippen LogP) is 1.04. The molecular weight excluding hydrogens is 168 g/mol. The summed E-state index contributed by atoms with van der Waals surface area (Å²) >= 11 is 0. The first-order chi connectivity index (χ1) is 6.15. The normalized spacial score (nSPS) is 46.9. The summed E-state index contributed by atoms with van der Waals surface area (Å²) in [4.78, 5) is 22.9. The molecule has 3 unspecified atom stereocenters. The third-order valence-corrected chi connectivity index (χ3v) is 3.83. The van der Waals surface area contributed by atoms with Crippen molar-refractivity contribution in [1.82, 2.24) is 0 Å². The number of rotatable bonds is 0. The Hall–Kier alpha value is -1.12. The van der Waals surface area contributed by atoms with Gasteiger partial charge in [0.15, 0.2) is 0 Å². The van der Waals surface area contributed by atoms with Gasteiger partial charge in [-0.2, -0.15) is 0 Å². The molecule has 2 bridgehead atoms. The summed E-state index contributed by atoms with van der Waals surface area (Å²) in [7, 11) is 0. The van der Waals surface area contributed by atoms with Gasteiger partial charge in [0, 0.05) is 0 Å². The third-order valence-electron chi connectivity index (χ3n) is 3.83. The van der Waals surface area contributed by atoms with Crippen LogP contribution in [0.5, 0.6) is 0 Å². The maximum atomic E-state index is 11.5. The van der Waals surface area contributed by atoms with Gasteiger partial charge in [-0.15, -0.1) is 0 Å². The molecule has 0 amide bonds. The Labute approximate surface area is 75.8 Å². The molecule has 0 radical (unpaired) electrons. The second-order valence-electron chi connectivity index (χ2n) is 4.31. The Bertz CT molecular complexity index is 342. The van der Waals surface area contributed by atoms with Crippen molar-refractivity contribution in [3.63, 3.8) is 0 Å². The quantitative estimate of drug-likeness (QED) is 0.316. The van der Waals surface area contributed by atoms with Crippen molar-refractivity contribution >= 4 is 11.9 Å². The number of hydrogen-bond donors (Lipinski definition) is 0. The van der Waals surface area contributed by atoms with E-state index in [-0.39, 0.29) is 17.9 Å². The minimum absolute atomic E-state index is 0.302. The van der Waals surface area contributed by atoms with E-state index in [0.29, 0.717) is 5.92 Å². The molecule has 3 rings (SSSR count). The number of esters is 2. The van der Waals surface area contributed by atoms with Crippen LogP contribution in [-0.2, 0) is 14.3 Å². The molecular formula is C10H10O3. The number of hydrogen-bond acceptors (Lipinski definition) is 3. The predicted molar refractivity (Wildman–Crippen MR) is 43.5 cm³/mol. The smallest absolute Gasteiger partial charge is 0.321 e. The standard InChI is InChI=1S/C10H10O3/c1-5-6-2-3-10(4-6)7(5)8(11)13-9(10)12/h6-7H,1-4H2. The fraction of sp³-hybridized carbons (Fsp3) is 0.600. The lowest BCUT2D eigenvalue weighted by Gasteiger charge is -2.22. The minimum atomic E-state index is -0.487. The van der Waals surface area contributed by atoms with Crippen molar-refractivity contribution in [1.29, 1.82) is 0 Å². The van der Waals surface area contributed by atoms with Gasteiger partial charge in [0.05, 0.1) is 11.3 Å². The lowest BCUT2D eigenvalue weighted by Crippen LogP contribution is -2.29. The molecule has 3 nitrogen and oxygen atoms in total. The van der Waals surface area contributed by atoms with Crippen LogP contribution in [-0.4, -0.2) is 11.9 Å². The molecule has 1 spiro atoms. The van der Waals surface area contributed by atoms with Gasteiger partial charge in [-0.1, -0.05) is 12.2 Å². The van der Waals surface area contributed by atoms with Gasteiger partial charge in [0.25, 0.3) is 0 Å². The number of ether oxygens (including phenoxy) is 1. The van der Waals surface area contributed by atoms with E-state index in [0.717, 1.165) is 24.8 Å². The van der Waals surface area contributed by atoms with Crippen LogP contribution in [0.4, 0.5) is 0 Å². The monoisotopic (exact) mass is 178 g/mol. The number of fused-ring (bicyclic) bond motifs is 1. The van der Waals surface area contributed by atoms with E-state index < -0.39 is 5.41 Å². The van der Waals surface area contributed by atoms with Crippen LogP contribution in [0.15, 0.2) is 12.2 Å². The summed E-state index contributed by atoms with van der Waals surface area (Å²) in [6, 6.07) is 0. The van der Waals surface area contributed by atoms with Crippen LogP contribution in [0.2, 0.25) is 0 Å². The highest BCUT2D eigenvalue weighted by atomic mass is 16.6. The van der Waals surface area contributed by atoms with E-state index in [2.05, 4.69) is 11.3 Å². The molecule has 2 aliphatic carbocycles. The van der Waals surface area contributed by atoms with Crippen LogP contribution in [0.3, 0.4) is 0 Å². The fourth-order valence-corrected chi connectivity index (χ4v) is 3.18. The van der Waals surface area contributed by atoms with E-state index in [4.69, 9.17) is 0 Å². The van der Waals surface area contributed by atoms with Crippen molar-refractivity contribution in [3.05, 3.63) is 12.2 Å². The second kappa shape index (κ2) is 1.86. The van der Waals surface area contributed by atoms with Gasteiger partial charge < -0.3 is 4.74 Å². The van der Waals surface area contributed by atoms with E-state index >= 15 is 0 Å². The van der Waals surface area contributed by atoms with E-state index in [1.54, 1.807) is 0 Å². The van der Waals surface area contributed by atoms with Crippen LogP contribution in [0, 0.1) is 17.3 Å². The molecule has 13 heavy (non-hydrogen) atoms. The Morgan fingerprint density at radius 3 is 2.92 bits per heavy atom. The molecule has 2 saturated carbocycles. The van der Waals surface area contributed by atoms with Crippen molar-refractivity contribution in [2.24, 2.45) is 17.3 Å². The maximum Gasteiger partial charge on any atom is 0.321 e. The average Bonchev–Trinajstić information content (AvgIpc) is 2.66. The van der Waals surface area contributed by atoms with Crippen molar-refractivity contribution in [2.75, 3.05) is 0 Å². The molecule has 0 aromatic rings. The first kappa shape index (κ1) is 7.30. The Kier molecular flexibility index (Phi) is 1.05. The molecule has 0 aromatic carbocycles. The van der Waals surface area contributed by atoms with E-state index in [1.165, 1.54) is 0 Å². The van der Waals surface area contributed by atoms with Crippen LogP contribution >= 0.6 is 0 Å². The minimum Gasteiger partial charge on any atom is -0.392 e. The van der Waals surface area contributed by atoms with Crippen molar-refractivity contribution in [3.8, 4) is 0 Å². The third kappa shape index (κ3) is 0.598. The Balaban J connectivity index is 2.17. The van der Waals surface area contributed by atoms with Crippen LogP contribution in [0.25, 0.3) is 0 Å². The SMILES string of the molecule is C=C1C2CCC3(C2)C(=O)OC(=O)C13. The Morgan fingerprint density at radius 1 is 1.46 bits per heavy atom. The van der Waals surface area contributed by atoms with Gasteiger partial charge in [-0.05, 0) is 25.2 Å². The molecule has 0 aromatic heterocycles. The van der Waals surface area contributed by atoms with Gasteiger partial charge in [0.2, 0.25) is 0 Å². The molecule has 1 heterocycles. The molecule has 3 fully saturated rings. The summed E-state index contributed by atoms with van der Waals surface area (Å²) in [5.41, 5.74) is 0.445. The number of carbonyl (C=O) groups excluding carboxylic acids is 2. The van der Waals surface area contributed by atoms with Gasteiger partial charge in [-0.3, -0.25) is 9.59 Å². The molecule has 3 heteroatoms. The molecule has 1 saturated heterocycles. The van der Waals surface area contributed by atoms with Gasteiger partial charge in [-0.25, -0.2) is 0 Å². The van der Waals surface area contributed by atoms with Gasteiger partial charge in [0.1, 0.15) is 0 Å². The summed E-state index contributed by atoms with van der Waals surface area (Å²) in [6.45, 7) is 3.91. The topological polar surface area (TPSA) is 43.4 Å². The second-order valence-corrected chi connectivity index (χ2v) is 4.31. The fourth-order valence-electron chi connectivity index (χ4n) is 3.18. The number of carbonyl (C=O) groups is 2. The lowest BCUT2D eigenvalue weighted by atomic mass is 9.75. The molecule has 0 N–H and O–H groups in total. The summed E-state index contributed by atoms with van der Waals surface area (Å²) < 4.78 is 4.68. The first-order valence-electron chi connectivity index (χ1n) is 4.60. The zero-order chi connectivity index (χ0) is 9.22. The summed E-state index contributed by atoms with van der Waals surface area (Å²) in [6.07, 6.45) is 2.60. The molecule has 3 aliphatic rings. The van der Waals surface area contributed by atoms with E-state index in [9.17, 15) is 9.59 Å². The van der Waals surface area contributed by atoms with Crippen molar-refractivity contribution in [2.45, 2.75) is 19.3 Å². The van der Waals surface area contributed by atoms with Crippen LogP contribution < -0.4 is 0 Å². The Morgan fingerprint density at radius 2 is 2.23 bits per heavy atom. The maximum absolute atomic E-state index is 11.5. The van der Waals surface area contributed by atoms with Crippen molar-refractivity contribution < 1.29 is 14.3 Å². The van der Waals surface area contributed by atoms with Crippen LogP contribution in [0.1, 0.15) is 19.3 Å². The molecule has 1 aliphatic heterocycles. The zero-order valence-corrected chi connectivity index (χ0v) is 7.21. The highest BCUT2D eigenvalue weighted by Gasteiger charge is 2.67. The average molecular weight is 178 g/mol. The molecule has 3 atom stereocenters. The van der Waals surface area contributed by atoms with Gasteiger partial charge >= 0.3 is 11.9 Å². The summed E-state index contributed by atoms with van der Waals surface area (Å²) in [5, 5.41) is 0. The highest BCUT2D eigenvalue weighted by Crippen LogP contribution is 2.63. The molecule has 68 valence electrons. The lowest BCUT2D eigenvalue weighted by molar-refractivity contribution is -0.155. The zero-order valence-electron chi connectivity index (χ0n) is 7.21. The van der Waals surface area contributed by atoms with E-state index in [1.807, 2.05) is 0 Å². The number of cyclic esters (lactones) is 2. The largest absolute Gasteiger partial charge is 0.392 e. The first-order valence-corrected chi connectivity index (χ1v) is 4.60.